The molecule has 1 aromatic carbocycles. The minimum Gasteiger partial charge on any atom is -0.465 e. The zero-order valence-corrected chi connectivity index (χ0v) is 13.8. The Bertz CT molecular complexity index is 493. The number of benzene rings is 1. The molecule has 4 nitrogen and oxygen atoms in total. The van der Waals surface area contributed by atoms with E-state index < -0.39 is 5.97 Å². The van der Waals surface area contributed by atoms with E-state index in [9.17, 15) is 9.59 Å². The van der Waals surface area contributed by atoms with Crippen LogP contribution in [0.1, 0.15) is 30.6 Å². The van der Waals surface area contributed by atoms with E-state index in [-0.39, 0.29) is 12.5 Å². The van der Waals surface area contributed by atoms with E-state index in [1.807, 2.05) is 6.92 Å². The minimum atomic E-state index is -0.416. The second-order valence-electron chi connectivity index (χ2n) is 4.13. The maximum absolute atomic E-state index is 12.5. The van der Waals surface area contributed by atoms with E-state index in [0.29, 0.717) is 28.2 Å². The molecule has 0 unspecified atom stereocenters. The van der Waals surface area contributed by atoms with E-state index in [2.05, 4.69) is 15.9 Å². The number of hydrogen-bond donors (Lipinski definition) is 0. The summed E-state index contributed by atoms with van der Waals surface area (Å²) in [4.78, 5) is 25.5. The van der Waals surface area contributed by atoms with Crippen LogP contribution in [0.2, 0.25) is 5.02 Å². The molecule has 0 N–H and O–H groups in total. The summed E-state index contributed by atoms with van der Waals surface area (Å²) < 4.78 is 5.53. The molecule has 20 heavy (non-hydrogen) atoms. The van der Waals surface area contributed by atoms with Crippen molar-refractivity contribution in [2.75, 3.05) is 19.7 Å². The van der Waals surface area contributed by atoms with Crippen molar-refractivity contribution in [3.8, 4) is 0 Å². The zero-order chi connectivity index (χ0) is 15.1. The van der Waals surface area contributed by atoms with Crippen LogP contribution in [0.15, 0.2) is 22.7 Å². The summed E-state index contributed by atoms with van der Waals surface area (Å²) in [6.45, 7) is 4.37. The Morgan fingerprint density at radius 3 is 2.65 bits per heavy atom. The van der Waals surface area contributed by atoms with Crippen molar-refractivity contribution in [1.29, 1.82) is 0 Å². The van der Waals surface area contributed by atoms with Gasteiger partial charge in [0.1, 0.15) is 6.54 Å². The van der Waals surface area contributed by atoms with Crippen LogP contribution >= 0.6 is 27.5 Å². The third kappa shape index (κ3) is 4.49. The molecule has 0 atom stereocenters. The monoisotopic (exact) mass is 361 g/mol. The van der Waals surface area contributed by atoms with Crippen molar-refractivity contribution in [3.05, 3.63) is 33.3 Å². The van der Waals surface area contributed by atoms with Gasteiger partial charge in [0.15, 0.2) is 0 Å². The SMILES string of the molecule is CCCN(CC(=O)OCC)C(=O)c1cccc(Br)c1Cl. The number of ether oxygens (including phenoxy) is 1. The number of carbonyl (C=O) groups excluding carboxylic acids is 2. The van der Waals surface area contributed by atoms with Gasteiger partial charge in [-0.25, -0.2) is 0 Å². The molecule has 0 spiro atoms. The molecule has 0 radical (unpaired) electrons. The van der Waals surface area contributed by atoms with E-state index in [4.69, 9.17) is 16.3 Å². The normalized spacial score (nSPS) is 10.2. The molecule has 1 rings (SSSR count). The molecule has 0 bridgehead atoms. The third-order valence-corrected chi connectivity index (χ3v) is 3.88. The molecule has 0 aliphatic carbocycles. The predicted octanol–water partition coefficient (Wildman–Crippen LogP) is 3.52. The van der Waals surface area contributed by atoms with E-state index >= 15 is 0 Å². The summed E-state index contributed by atoms with van der Waals surface area (Å²) in [5.74, 6) is -0.688. The maximum Gasteiger partial charge on any atom is 0.325 e. The first kappa shape index (κ1) is 17.0. The lowest BCUT2D eigenvalue weighted by Crippen LogP contribution is -2.37. The summed E-state index contributed by atoms with van der Waals surface area (Å²) in [5, 5.41) is 0.350. The number of nitrogens with zero attached hydrogens (tertiary/aromatic N) is 1. The van der Waals surface area contributed by atoms with Crippen molar-refractivity contribution in [2.45, 2.75) is 20.3 Å². The Kier molecular flexibility index (Phi) is 7.02. The Labute approximate surface area is 132 Å². The topological polar surface area (TPSA) is 46.6 Å². The van der Waals surface area contributed by atoms with E-state index in [1.54, 1.807) is 25.1 Å². The first-order chi connectivity index (χ1) is 9.51. The standard InChI is InChI=1S/C14H17BrClNO3/c1-3-8-17(9-12(18)20-4-2)14(19)10-6-5-7-11(15)13(10)16/h5-7H,3-4,8-9H2,1-2H3. The van der Waals surface area contributed by atoms with Gasteiger partial charge in [0, 0.05) is 11.0 Å². The highest BCUT2D eigenvalue weighted by Crippen LogP contribution is 2.27. The molecule has 1 aromatic rings. The zero-order valence-electron chi connectivity index (χ0n) is 11.5. The lowest BCUT2D eigenvalue weighted by molar-refractivity contribution is -0.143. The van der Waals surface area contributed by atoms with E-state index in [0.717, 1.165) is 6.42 Å². The second-order valence-corrected chi connectivity index (χ2v) is 5.37. The highest BCUT2D eigenvalue weighted by Gasteiger charge is 2.21. The van der Waals surface area contributed by atoms with Gasteiger partial charge in [-0.3, -0.25) is 9.59 Å². The molecule has 0 aliphatic heterocycles. The van der Waals surface area contributed by atoms with Gasteiger partial charge >= 0.3 is 5.97 Å². The lowest BCUT2D eigenvalue weighted by Gasteiger charge is -2.21. The van der Waals surface area contributed by atoms with Crippen LogP contribution in [0.3, 0.4) is 0 Å². The first-order valence-electron chi connectivity index (χ1n) is 6.40. The van der Waals surface area contributed by atoms with Crippen molar-refractivity contribution in [2.24, 2.45) is 0 Å². The van der Waals surface area contributed by atoms with Gasteiger partial charge in [-0.1, -0.05) is 24.6 Å². The number of hydrogen-bond acceptors (Lipinski definition) is 3. The minimum absolute atomic E-state index is 0.0661. The molecular formula is C14H17BrClNO3. The van der Waals surface area contributed by atoms with Crippen LogP contribution in [0.25, 0.3) is 0 Å². The molecule has 1 amide bonds. The van der Waals surface area contributed by atoms with Crippen LogP contribution < -0.4 is 0 Å². The highest BCUT2D eigenvalue weighted by atomic mass is 79.9. The molecule has 0 aromatic heterocycles. The predicted molar refractivity (Wildman–Crippen MR) is 82.0 cm³/mol. The molecule has 6 heteroatoms. The summed E-state index contributed by atoms with van der Waals surface area (Å²) in [5.41, 5.74) is 0.374. The molecule has 0 saturated carbocycles. The Morgan fingerprint density at radius 2 is 2.05 bits per heavy atom. The number of carbonyl (C=O) groups is 2. The number of halogens is 2. The Hall–Kier alpha value is -1.07. The van der Waals surface area contributed by atoms with Crippen molar-refractivity contribution >= 4 is 39.4 Å². The molecule has 0 aliphatic rings. The summed E-state index contributed by atoms with van der Waals surface area (Å²) >= 11 is 9.40. The van der Waals surface area contributed by atoms with Gasteiger partial charge in [-0.15, -0.1) is 0 Å². The van der Waals surface area contributed by atoms with Crippen LogP contribution in [0.4, 0.5) is 0 Å². The average Bonchev–Trinajstić information content (AvgIpc) is 2.41. The van der Waals surface area contributed by atoms with Gasteiger partial charge in [0.25, 0.3) is 5.91 Å². The second kappa shape index (κ2) is 8.27. The smallest absolute Gasteiger partial charge is 0.325 e. The largest absolute Gasteiger partial charge is 0.465 e. The van der Waals surface area contributed by atoms with Crippen LogP contribution in [-0.4, -0.2) is 36.5 Å². The van der Waals surface area contributed by atoms with Gasteiger partial charge in [-0.2, -0.15) is 0 Å². The quantitative estimate of drug-likeness (QED) is 0.727. The molecule has 0 heterocycles. The molecular weight excluding hydrogens is 346 g/mol. The molecule has 0 fully saturated rings. The van der Waals surface area contributed by atoms with Crippen molar-refractivity contribution in [3.63, 3.8) is 0 Å². The fourth-order valence-electron chi connectivity index (χ4n) is 1.72. The number of esters is 1. The van der Waals surface area contributed by atoms with Crippen LogP contribution in [-0.2, 0) is 9.53 Å². The van der Waals surface area contributed by atoms with Gasteiger partial charge < -0.3 is 9.64 Å². The molecule has 0 saturated heterocycles. The van der Waals surface area contributed by atoms with Crippen LogP contribution in [0, 0.1) is 0 Å². The van der Waals surface area contributed by atoms with Crippen LogP contribution in [0.5, 0.6) is 0 Å². The Balaban J connectivity index is 2.93. The van der Waals surface area contributed by atoms with Gasteiger partial charge in [0.05, 0.1) is 17.2 Å². The Morgan fingerprint density at radius 1 is 1.35 bits per heavy atom. The van der Waals surface area contributed by atoms with Gasteiger partial charge in [0.2, 0.25) is 0 Å². The fourth-order valence-corrected chi connectivity index (χ4v) is 2.30. The van der Waals surface area contributed by atoms with E-state index in [1.165, 1.54) is 4.90 Å². The first-order valence-corrected chi connectivity index (χ1v) is 7.57. The summed E-state index contributed by atoms with van der Waals surface area (Å²) in [6, 6.07) is 5.13. The molecule has 110 valence electrons. The van der Waals surface area contributed by atoms with Crippen molar-refractivity contribution in [1.82, 2.24) is 4.90 Å². The van der Waals surface area contributed by atoms with Gasteiger partial charge in [-0.05, 0) is 41.4 Å². The fraction of sp³-hybridized carbons (Fsp3) is 0.429. The highest BCUT2D eigenvalue weighted by molar-refractivity contribution is 9.10. The third-order valence-electron chi connectivity index (χ3n) is 2.59. The summed E-state index contributed by atoms with van der Waals surface area (Å²) in [7, 11) is 0. The number of rotatable bonds is 6. The lowest BCUT2D eigenvalue weighted by atomic mass is 10.2. The van der Waals surface area contributed by atoms with Crippen molar-refractivity contribution < 1.29 is 14.3 Å². The number of amides is 1. The summed E-state index contributed by atoms with van der Waals surface area (Å²) in [6.07, 6.45) is 0.747. The average molecular weight is 363 g/mol. The maximum atomic E-state index is 12.5.